The fourth-order valence-electron chi connectivity index (χ4n) is 4.24. The predicted molar refractivity (Wildman–Crippen MR) is 139 cm³/mol. The summed E-state index contributed by atoms with van der Waals surface area (Å²) in [6.45, 7) is 19.1. The molecule has 1 aromatic rings. The van der Waals surface area contributed by atoms with Crippen molar-refractivity contribution in [2.75, 3.05) is 0 Å². The van der Waals surface area contributed by atoms with E-state index in [0.29, 0.717) is 6.42 Å². The fraction of sp³-hybridized carbons (Fsp3) is 0.679. The first kappa shape index (κ1) is 28.7. The van der Waals surface area contributed by atoms with Gasteiger partial charge in [-0.25, -0.2) is 4.79 Å². The number of aryl methyl sites for hydroxylation is 2. The molecule has 0 aromatic heterocycles. The average Bonchev–Trinajstić information content (AvgIpc) is 3.45. The molecule has 1 aliphatic carbocycles. The van der Waals surface area contributed by atoms with Gasteiger partial charge in [-0.15, -0.1) is 0 Å². The highest BCUT2D eigenvalue weighted by atomic mass is 16.6. The Morgan fingerprint density at radius 1 is 1.00 bits per heavy atom. The van der Waals surface area contributed by atoms with E-state index < -0.39 is 29.3 Å². The third-order valence-electron chi connectivity index (χ3n) is 5.48. The number of rotatable bonds is 8. The predicted octanol–water partition coefficient (Wildman–Crippen LogP) is 5.19. The van der Waals surface area contributed by atoms with Crippen LogP contribution in [0.4, 0.5) is 4.79 Å². The van der Waals surface area contributed by atoms with Crippen LogP contribution in [0.15, 0.2) is 18.2 Å². The first-order valence-electron chi connectivity index (χ1n) is 12.7. The van der Waals surface area contributed by atoms with Crippen molar-refractivity contribution in [2.24, 2.45) is 5.92 Å². The SMILES string of the molecule is Cc1cc(C)cc(C(C(=O)NC(C)(C)C)N(C(=O)C(CC(C)C)NC(=O)OC(C)(C)C)C2CC2)c1. The highest BCUT2D eigenvalue weighted by molar-refractivity contribution is 5.93. The third kappa shape index (κ3) is 9.19. The van der Waals surface area contributed by atoms with Gasteiger partial charge in [0.2, 0.25) is 11.8 Å². The second-order valence-electron chi connectivity index (χ2n) is 12.4. The summed E-state index contributed by atoms with van der Waals surface area (Å²) >= 11 is 0. The standard InChI is InChI=1S/C28H45N3O4/c1-17(2)13-22(29-26(34)35-28(8,9)10)25(33)31(21-11-12-21)23(24(32)30-27(5,6)7)20-15-18(3)14-19(4)16-20/h14-17,21-23H,11-13H2,1-10H3,(H,29,34)(H,30,32). The minimum atomic E-state index is -0.790. The Morgan fingerprint density at radius 2 is 1.54 bits per heavy atom. The van der Waals surface area contributed by atoms with Gasteiger partial charge in [-0.3, -0.25) is 9.59 Å². The highest BCUT2D eigenvalue weighted by Crippen LogP contribution is 2.37. The number of nitrogens with zero attached hydrogens (tertiary/aromatic N) is 1. The fourth-order valence-corrected chi connectivity index (χ4v) is 4.24. The quantitative estimate of drug-likeness (QED) is 0.528. The Morgan fingerprint density at radius 3 is 1.97 bits per heavy atom. The van der Waals surface area contributed by atoms with Crippen LogP contribution in [0, 0.1) is 19.8 Å². The van der Waals surface area contributed by atoms with Gasteiger partial charge in [-0.1, -0.05) is 43.2 Å². The van der Waals surface area contributed by atoms with E-state index in [-0.39, 0.29) is 23.8 Å². The van der Waals surface area contributed by atoms with E-state index in [1.54, 1.807) is 25.7 Å². The van der Waals surface area contributed by atoms with Crippen molar-refractivity contribution in [3.05, 3.63) is 34.9 Å². The molecule has 0 heterocycles. The summed E-state index contributed by atoms with van der Waals surface area (Å²) in [5, 5.41) is 5.88. The summed E-state index contributed by atoms with van der Waals surface area (Å²) in [5.74, 6) is -0.313. The molecule has 7 nitrogen and oxygen atoms in total. The molecule has 1 aliphatic rings. The van der Waals surface area contributed by atoms with Gasteiger partial charge in [0.25, 0.3) is 0 Å². The molecular formula is C28H45N3O4. The van der Waals surface area contributed by atoms with Crippen LogP contribution in [0.25, 0.3) is 0 Å². The molecule has 0 saturated heterocycles. The first-order valence-corrected chi connectivity index (χ1v) is 12.7. The molecule has 1 fully saturated rings. The minimum Gasteiger partial charge on any atom is -0.444 e. The maximum atomic E-state index is 14.1. The van der Waals surface area contributed by atoms with Crippen molar-refractivity contribution in [2.45, 2.75) is 118 Å². The number of benzene rings is 1. The first-order chi connectivity index (χ1) is 16.0. The second kappa shape index (κ2) is 11.0. The lowest BCUT2D eigenvalue weighted by Crippen LogP contribution is -2.55. The molecule has 7 heteroatoms. The summed E-state index contributed by atoms with van der Waals surface area (Å²) in [7, 11) is 0. The number of alkyl carbamates (subject to hydrolysis) is 1. The van der Waals surface area contributed by atoms with Gasteiger partial charge in [0.1, 0.15) is 17.7 Å². The summed E-state index contributed by atoms with van der Waals surface area (Å²) in [4.78, 5) is 42.1. The molecule has 0 aliphatic heterocycles. The molecule has 0 radical (unpaired) electrons. The van der Waals surface area contributed by atoms with Crippen molar-refractivity contribution in [3.8, 4) is 0 Å². The molecule has 0 spiro atoms. The van der Waals surface area contributed by atoms with Gasteiger partial charge >= 0.3 is 6.09 Å². The number of carbonyl (C=O) groups excluding carboxylic acids is 3. The molecule has 35 heavy (non-hydrogen) atoms. The van der Waals surface area contributed by atoms with Crippen molar-refractivity contribution >= 4 is 17.9 Å². The largest absolute Gasteiger partial charge is 0.444 e. The van der Waals surface area contributed by atoms with E-state index in [1.807, 2.05) is 60.6 Å². The lowest BCUT2D eigenvalue weighted by atomic mass is 9.96. The number of hydrogen-bond donors (Lipinski definition) is 2. The van der Waals surface area contributed by atoms with Gasteiger partial charge in [-0.05, 0) is 86.1 Å². The topological polar surface area (TPSA) is 87.7 Å². The van der Waals surface area contributed by atoms with E-state index >= 15 is 0 Å². The third-order valence-corrected chi connectivity index (χ3v) is 5.48. The van der Waals surface area contributed by atoms with Crippen molar-refractivity contribution in [1.82, 2.24) is 15.5 Å². The molecular weight excluding hydrogens is 442 g/mol. The zero-order chi connectivity index (χ0) is 26.7. The van der Waals surface area contributed by atoms with Crippen LogP contribution in [0.2, 0.25) is 0 Å². The van der Waals surface area contributed by atoms with E-state index in [9.17, 15) is 14.4 Å². The van der Waals surface area contributed by atoms with Crippen molar-refractivity contribution in [1.29, 1.82) is 0 Å². The summed E-state index contributed by atoms with van der Waals surface area (Å²) < 4.78 is 5.45. The minimum absolute atomic E-state index is 0.0471. The van der Waals surface area contributed by atoms with Gasteiger partial charge in [0.15, 0.2) is 0 Å². The maximum absolute atomic E-state index is 14.1. The van der Waals surface area contributed by atoms with Crippen LogP contribution in [0.5, 0.6) is 0 Å². The van der Waals surface area contributed by atoms with Crippen LogP contribution >= 0.6 is 0 Å². The Hall–Kier alpha value is -2.57. The Kier molecular flexibility index (Phi) is 9.01. The monoisotopic (exact) mass is 487 g/mol. The Labute approximate surface area is 211 Å². The van der Waals surface area contributed by atoms with Crippen LogP contribution in [0.3, 0.4) is 0 Å². The highest BCUT2D eigenvalue weighted by Gasteiger charge is 2.44. The zero-order valence-electron chi connectivity index (χ0n) is 23.2. The molecule has 2 rings (SSSR count). The summed E-state index contributed by atoms with van der Waals surface area (Å²) in [6, 6.07) is 4.37. The molecule has 3 amide bonds. The van der Waals surface area contributed by atoms with Crippen LogP contribution in [-0.2, 0) is 14.3 Å². The number of amides is 3. The van der Waals surface area contributed by atoms with E-state index in [0.717, 1.165) is 29.5 Å². The van der Waals surface area contributed by atoms with Crippen LogP contribution in [0.1, 0.15) is 97.4 Å². The molecule has 2 unspecified atom stereocenters. The lowest BCUT2D eigenvalue weighted by molar-refractivity contribution is -0.144. The van der Waals surface area contributed by atoms with Crippen molar-refractivity contribution < 1.29 is 19.1 Å². The van der Waals surface area contributed by atoms with Crippen LogP contribution in [-0.4, -0.2) is 46.0 Å². The van der Waals surface area contributed by atoms with Crippen molar-refractivity contribution in [3.63, 3.8) is 0 Å². The molecule has 0 bridgehead atoms. The Balaban J connectivity index is 2.51. The number of ether oxygens (including phenoxy) is 1. The summed E-state index contributed by atoms with van der Waals surface area (Å²) in [6.07, 6.45) is 1.48. The number of nitrogens with one attached hydrogen (secondary N) is 2. The molecule has 2 N–H and O–H groups in total. The molecule has 196 valence electrons. The van der Waals surface area contributed by atoms with Gasteiger partial charge < -0.3 is 20.3 Å². The van der Waals surface area contributed by atoms with E-state index in [1.165, 1.54) is 0 Å². The molecule has 2 atom stereocenters. The number of hydrogen-bond acceptors (Lipinski definition) is 4. The van der Waals surface area contributed by atoms with Gasteiger partial charge in [-0.2, -0.15) is 0 Å². The average molecular weight is 488 g/mol. The number of carbonyl (C=O) groups is 3. The van der Waals surface area contributed by atoms with Gasteiger partial charge in [0.05, 0.1) is 0 Å². The van der Waals surface area contributed by atoms with Crippen LogP contribution < -0.4 is 10.6 Å². The molecule has 1 saturated carbocycles. The smallest absolute Gasteiger partial charge is 0.408 e. The zero-order valence-corrected chi connectivity index (χ0v) is 23.2. The summed E-state index contributed by atoms with van der Waals surface area (Å²) in [5.41, 5.74) is 1.70. The van der Waals surface area contributed by atoms with Gasteiger partial charge in [0, 0.05) is 11.6 Å². The van der Waals surface area contributed by atoms with E-state index in [2.05, 4.69) is 16.7 Å². The molecule has 1 aromatic carbocycles. The van der Waals surface area contributed by atoms with E-state index in [4.69, 9.17) is 4.74 Å². The second-order valence-corrected chi connectivity index (χ2v) is 12.4. The maximum Gasteiger partial charge on any atom is 0.408 e. The normalized spacial score (nSPS) is 15.9. The Bertz CT molecular complexity index is 903. The lowest BCUT2D eigenvalue weighted by Gasteiger charge is -2.36.